The average molecular weight is 203 g/mol. The lowest BCUT2D eigenvalue weighted by Crippen LogP contribution is -2.05. The molecule has 1 amide bonds. The summed E-state index contributed by atoms with van der Waals surface area (Å²) in [6, 6.07) is 9.46. The molecule has 0 atom stereocenters. The van der Waals surface area contributed by atoms with E-state index in [1.807, 2.05) is 30.3 Å². The maximum atomic E-state index is 10.7. The Morgan fingerprint density at radius 3 is 2.67 bits per heavy atom. The van der Waals surface area contributed by atoms with Gasteiger partial charge >= 0.3 is 6.01 Å². The molecule has 15 heavy (non-hydrogen) atoms. The van der Waals surface area contributed by atoms with Gasteiger partial charge < -0.3 is 4.42 Å². The highest BCUT2D eigenvalue weighted by atomic mass is 16.4. The van der Waals surface area contributed by atoms with Crippen molar-refractivity contribution in [3.63, 3.8) is 0 Å². The van der Waals surface area contributed by atoms with Crippen molar-refractivity contribution in [3.05, 3.63) is 30.3 Å². The Bertz CT molecular complexity index is 465. The van der Waals surface area contributed by atoms with Crippen LogP contribution >= 0.6 is 0 Å². The molecule has 0 saturated carbocycles. The predicted molar refractivity (Wildman–Crippen MR) is 54.0 cm³/mol. The highest BCUT2D eigenvalue weighted by molar-refractivity contribution is 5.86. The highest BCUT2D eigenvalue weighted by Crippen LogP contribution is 2.18. The first kappa shape index (κ1) is 9.39. The Morgan fingerprint density at radius 2 is 2.00 bits per heavy atom. The van der Waals surface area contributed by atoms with Crippen LogP contribution in [0.2, 0.25) is 0 Å². The van der Waals surface area contributed by atoms with Crippen LogP contribution in [0.5, 0.6) is 0 Å². The van der Waals surface area contributed by atoms with Crippen LogP contribution < -0.4 is 5.32 Å². The molecule has 76 valence electrons. The molecular weight excluding hydrogens is 194 g/mol. The molecule has 0 saturated heterocycles. The molecule has 2 aromatic rings. The monoisotopic (exact) mass is 203 g/mol. The van der Waals surface area contributed by atoms with Gasteiger partial charge in [-0.1, -0.05) is 23.3 Å². The summed E-state index contributed by atoms with van der Waals surface area (Å²) in [5, 5.41) is 9.91. The summed E-state index contributed by atoms with van der Waals surface area (Å²) >= 11 is 0. The van der Waals surface area contributed by atoms with Gasteiger partial charge in [0.05, 0.1) is 0 Å². The Labute approximate surface area is 86.1 Å². The summed E-state index contributed by atoms with van der Waals surface area (Å²) in [6.45, 7) is 1.38. The Balaban J connectivity index is 2.24. The third kappa shape index (κ3) is 2.19. The quantitative estimate of drug-likeness (QED) is 0.806. The summed E-state index contributed by atoms with van der Waals surface area (Å²) < 4.78 is 5.23. The smallest absolute Gasteiger partial charge is 0.322 e. The Kier molecular flexibility index (Phi) is 2.45. The van der Waals surface area contributed by atoms with Crippen LogP contribution in [0.3, 0.4) is 0 Å². The fourth-order valence-electron chi connectivity index (χ4n) is 1.12. The second-order valence-corrected chi connectivity index (χ2v) is 2.96. The second-order valence-electron chi connectivity index (χ2n) is 2.96. The van der Waals surface area contributed by atoms with Crippen LogP contribution in [0.4, 0.5) is 6.01 Å². The number of benzene rings is 1. The van der Waals surface area contributed by atoms with E-state index in [2.05, 4.69) is 15.5 Å². The molecule has 0 aliphatic heterocycles. The van der Waals surface area contributed by atoms with Gasteiger partial charge in [-0.25, -0.2) is 0 Å². The van der Waals surface area contributed by atoms with Crippen molar-refractivity contribution in [3.8, 4) is 11.5 Å². The van der Waals surface area contributed by atoms with E-state index < -0.39 is 0 Å². The van der Waals surface area contributed by atoms with Gasteiger partial charge in [0.2, 0.25) is 11.8 Å². The van der Waals surface area contributed by atoms with Crippen molar-refractivity contribution >= 4 is 11.9 Å². The molecule has 0 bridgehead atoms. The number of aromatic nitrogens is 2. The SMILES string of the molecule is CC(=O)Nc1nnc(-c2ccccc2)o1. The zero-order valence-corrected chi connectivity index (χ0v) is 8.10. The van der Waals surface area contributed by atoms with E-state index in [4.69, 9.17) is 4.42 Å². The minimum Gasteiger partial charge on any atom is -0.403 e. The first-order chi connectivity index (χ1) is 7.25. The largest absolute Gasteiger partial charge is 0.403 e. The molecule has 0 spiro atoms. The molecule has 5 heteroatoms. The molecule has 1 heterocycles. The molecule has 0 aliphatic carbocycles. The number of amides is 1. The fraction of sp³-hybridized carbons (Fsp3) is 0.100. The molecule has 1 N–H and O–H groups in total. The number of nitrogens with zero attached hydrogens (tertiary/aromatic N) is 2. The van der Waals surface area contributed by atoms with E-state index in [0.29, 0.717) is 5.89 Å². The molecule has 0 unspecified atom stereocenters. The van der Waals surface area contributed by atoms with Crippen LogP contribution in [0.15, 0.2) is 34.7 Å². The predicted octanol–water partition coefficient (Wildman–Crippen LogP) is 1.69. The summed E-state index contributed by atoms with van der Waals surface area (Å²) in [7, 11) is 0. The Hall–Kier alpha value is -2.17. The number of anilines is 1. The van der Waals surface area contributed by atoms with Gasteiger partial charge in [0.25, 0.3) is 0 Å². The molecule has 1 aromatic heterocycles. The summed E-state index contributed by atoms with van der Waals surface area (Å²) in [5.41, 5.74) is 0.821. The van der Waals surface area contributed by atoms with Crippen LogP contribution in [0.1, 0.15) is 6.92 Å². The molecule has 5 nitrogen and oxygen atoms in total. The van der Waals surface area contributed by atoms with Crippen molar-refractivity contribution < 1.29 is 9.21 Å². The third-order valence-corrected chi connectivity index (χ3v) is 1.73. The van der Waals surface area contributed by atoms with Gasteiger partial charge in [-0.3, -0.25) is 10.1 Å². The van der Waals surface area contributed by atoms with E-state index in [0.717, 1.165) is 5.56 Å². The first-order valence-corrected chi connectivity index (χ1v) is 4.42. The van der Waals surface area contributed by atoms with Gasteiger partial charge in [0.1, 0.15) is 0 Å². The van der Waals surface area contributed by atoms with Crippen molar-refractivity contribution in [2.24, 2.45) is 0 Å². The lowest BCUT2D eigenvalue weighted by atomic mass is 10.2. The standard InChI is InChI=1S/C10H9N3O2/c1-7(14)11-10-13-12-9(15-10)8-5-3-2-4-6-8/h2-6H,1H3,(H,11,13,14). The van der Waals surface area contributed by atoms with Gasteiger partial charge in [-0.15, -0.1) is 5.10 Å². The van der Waals surface area contributed by atoms with Gasteiger partial charge in [0.15, 0.2) is 0 Å². The van der Waals surface area contributed by atoms with E-state index in [1.54, 1.807) is 0 Å². The van der Waals surface area contributed by atoms with Crippen LogP contribution in [-0.4, -0.2) is 16.1 Å². The topological polar surface area (TPSA) is 68.0 Å². The first-order valence-electron chi connectivity index (χ1n) is 4.42. The normalized spacial score (nSPS) is 9.93. The number of carbonyl (C=O) groups excluding carboxylic acids is 1. The zero-order chi connectivity index (χ0) is 10.7. The Morgan fingerprint density at radius 1 is 1.27 bits per heavy atom. The van der Waals surface area contributed by atoms with Crippen molar-refractivity contribution in [2.45, 2.75) is 6.92 Å². The van der Waals surface area contributed by atoms with Crippen LogP contribution in [-0.2, 0) is 4.79 Å². The highest BCUT2D eigenvalue weighted by Gasteiger charge is 2.08. The molecular formula is C10H9N3O2. The maximum Gasteiger partial charge on any atom is 0.322 e. The molecule has 0 fully saturated rings. The lowest BCUT2D eigenvalue weighted by Gasteiger charge is -1.93. The van der Waals surface area contributed by atoms with Crippen molar-refractivity contribution in [1.29, 1.82) is 0 Å². The van der Waals surface area contributed by atoms with E-state index >= 15 is 0 Å². The number of hydrogen-bond donors (Lipinski definition) is 1. The summed E-state index contributed by atoms with van der Waals surface area (Å²) in [6.07, 6.45) is 0. The summed E-state index contributed by atoms with van der Waals surface area (Å²) in [5.74, 6) is 0.151. The second kappa shape index (κ2) is 3.91. The molecule has 0 radical (unpaired) electrons. The van der Waals surface area contributed by atoms with Gasteiger partial charge in [0, 0.05) is 12.5 Å². The van der Waals surface area contributed by atoms with E-state index in [-0.39, 0.29) is 11.9 Å². The number of hydrogen-bond acceptors (Lipinski definition) is 4. The van der Waals surface area contributed by atoms with Gasteiger partial charge in [-0.2, -0.15) is 0 Å². The zero-order valence-electron chi connectivity index (χ0n) is 8.10. The maximum absolute atomic E-state index is 10.7. The number of carbonyl (C=O) groups is 1. The van der Waals surface area contributed by atoms with E-state index in [9.17, 15) is 4.79 Å². The molecule has 1 aromatic carbocycles. The fourth-order valence-corrected chi connectivity index (χ4v) is 1.12. The van der Waals surface area contributed by atoms with E-state index in [1.165, 1.54) is 6.92 Å². The number of nitrogens with one attached hydrogen (secondary N) is 1. The molecule has 0 aliphatic rings. The lowest BCUT2D eigenvalue weighted by molar-refractivity contribution is -0.114. The minimum absolute atomic E-state index is 0.112. The molecule has 2 rings (SSSR count). The number of rotatable bonds is 2. The van der Waals surface area contributed by atoms with Crippen LogP contribution in [0.25, 0.3) is 11.5 Å². The van der Waals surface area contributed by atoms with Crippen molar-refractivity contribution in [2.75, 3.05) is 5.32 Å². The summed E-state index contributed by atoms with van der Waals surface area (Å²) in [4.78, 5) is 10.7. The van der Waals surface area contributed by atoms with Crippen molar-refractivity contribution in [1.82, 2.24) is 10.2 Å². The van der Waals surface area contributed by atoms with Crippen LogP contribution in [0, 0.1) is 0 Å². The average Bonchev–Trinajstić information content (AvgIpc) is 2.67. The third-order valence-electron chi connectivity index (χ3n) is 1.73. The van der Waals surface area contributed by atoms with Gasteiger partial charge in [-0.05, 0) is 12.1 Å². The minimum atomic E-state index is -0.238.